The Bertz CT molecular complexity index is 476. The first-order valence-corrected chi connectivity index (χ1v) is 4.59. The van der Waals surface area contributed by atoms with Gasteiger partial charge in [-0.05, 0) is 16.8 Å². The standard InChI is InChI=1S/C11H8ClNO/c12-13-11(14)10-7-3-5-8-4-1-2-6-9(8)10/h1-7H,(H,13,14). The second-order valence-corrected chi connectivity index (χ2v) is 3.14. The molecule has 2 nitrogen and oxygen atoms in total. The minimum absolute atomic E-state index is 0.275. The van der Waals surface area contributed by atoms with E-state index in [9.17, 15) is 4.79 Å². The van der Waals surface area contributed by atoms with Crippen LogP contribution >= 0.6 is 11.8 Å². The van der Waals surface area contributed by atoms with Crippen LogP contribution in [0.3, 0.4) is 0 Å². The van der Waals surface area contributed by atoms with Gasteiger partial charge in [-0.2, -0.15) is 0 Å². The SMILES string of the molecule is O=C(NCl)c1cccc2ccccc12. The topological polar surface area (TPSA) is 29.1 Å². The van der Waals surface area contributed by atoms with Gasteiger partial charge in [-0.15, -0.1) is 0 Å². The Kier molecular flexibility index (Phi) is 2.37. The monoisotopic (exact) mass is 205 g/mol. The molecule has 0 radical (unpaired) electrons. The van der Waals surface area contributed by atoms with Crippen LogP contribution in [0.1, 0.15) is 10.4 Å². The fourth-order valence-electron chi connectivity index (χ4n) is 1.47. The minimum atomic E-state index is -0.275. The van der Waals surface area contributed by atoms with Crippen LogP contribution in [0.2, 0.25) is 0 Å². The van der Waals surface area contributed by atoms with Gasteiger partial charge in [0.05, 0.1) is 0 Å². The van der Waals surface area contributed by atoms with E-state index in [4.69, 9.17) is 11.8 Å². The second-order valence-electron chi connectivity index (χ2n) is 2.95. The van der Waals surface area contributed by atoms with E-state index in [2.05, 4.69) is 4.84 Å². The summed E-state index contributed by atoms with van der Waals surface area (Å²) in [6.07, 6.45) is 0. The van der Waals surface area contributed by atoms with Crippen molar-refractivity contribution in [2.75, 3.05) is 0 Å². The summed E-state index contributed by atoms with van der Waals surface area (Å²) >= 11 is 5.29. The van der Waals surface area contributed by atoms with Crippen molar-refractivity contribution < 1.29 is 4.79 Å². The van der Waals surface area contributed by atoms with E-state index in [0.717, 1.165) is 10.8 Å². The van der Waals surface area contributed by atoms with E-state index in [-0.39, 0.29) is 5.91 Å². The molecule has 1 amide bonds. The molecule has 14 heavy (non-hydrogen) atoms. The van der Waals surface area contributed by atoms with Crippen LogP contribution in [0.25, 0.3) is 10.8 Å². The van der Waals surface area contributed by atoms with Gasteiger partial charge in [0.2, 0.25) is 0 Å². The molecule has 0 saturated heterocycles. The predicted octanol–water partition coefficient (Wildman–Crippen LogP) is 2.72. The number of halogens is 1. The average Bonchev–Trinajstić information content (AvgIpc) is 2.27. The molecular formula is C11H8ClNO. The number of benzene rings is 2. The van der Waals surface area contributed by atoms with Crippen LogP contribution < -0.4 is 4.84 Å². The van der Waals surface area contributed by atoms with Gasteiger partial charge >= 0.3 is 0 Å². The van der Waals surface area contributed by atoms with Gasteiger partial charge in [0.25, 0.3) is 5.91 Å². The molecule has 3 heteroatoms. The molecule has 2 rings (SSSR count). The normalized spacial score (nSPS) is 10.1. The first-order valence-electron chi connectivity index (χ1n) is 4.21. The molecule has 0 aliphatic heterocycles. The lowest BCUT2D eigenvalue weighted by atomic mass is 10.0. The molecule has 0 aromatic heterocycles. The summed E-state index contributed by atoms with van der Waals surface area (Å²) < 4.78 is 0. The highest BCUT2D eigenvalue weighted by Gasteiger charge is 2.07. The highest BCUT2D eigenvalue weighted by molar-refractivity contribution is 6.26. The van der Waals surface area contributed by atoms with E-state index in [1.807, 2.05) is 36.4 Å². The number of hydrogen-bond acceptors (Lipinski definition) is 1. The Hall–Kier alpha value is -1.54. The van der Waals surface area contributed by atoms with E-state index >= 15 is 0 Å². The van der Waals surface area contributed by atoms with Crippen LogP contribution in [-0.2, 0) is 0 Å². The summed E-state index contributed by atoms with van der Waals surface area (Å²) in [4.78, 5) is 13.5. The first-order chi connectivity index (χ1) is 6.83. The van der Waals surface area contributed by atoms with E-state index in [1.165, 1.54) is 0 Å². The third kappa shape index (κ3) is 1.44. The molecule has 0 unspecified atom stereocenters. The van der Waals surface area contributed by atoms with Crippen LogP contribution in [0, 0.1) is 0 Å². The number of nitrogens with one attached hydrogen (secondary N) is 1. The molecular weight excluding hydrogens is 198 g/mol. The van der Waals surface area contributed by atoms with Crippen molar-refractivity contribution in [1.82, 2.24) is 4.84 Å². The van der Waals surface area contributed by atoms with E-state index in [0.29, 0.717) is 5.56 Å². The fourth-order valence-corrected chi connectivity index (χ4v) is 1.58. The van der Waals surface area contributed by atoms with Crippen molar-refractivity contribution in [3.05, 3.63) is 48.0 Å². The van der Waals surface area contributed by atoms with Gasteiger partial charge in [-0.25, -0.2) is 0 Å². The molecule has 0 heterocycles. The number of fused-ring (bicyclic) bond motifs is 1. The fraction of sp³-hybridized carbons (Fsp3) is 0. The summed E-state index contributed by atoms with van der Waals surface area (Å²) in [6.45, 7) is 0. The zero-order valence-electron chi connectivity index (χ0n) is 7.33. The minimum Gasteiger partial charge on any atom is -0.268 e. The highest BCUT2D eigenvalue weighted by Crippen LogP contribution is 2.18. The lowest BCUT2D eigenvalue weighted by Crippen LogP contribution is -2.12. The van der Waals surface area contributed by atoms with Crippen molar-refractivity contribution >= 4 is 28.5 Å². The lowest BCUT2D eigenvalue weighted by molar-refractivity contribution is 0.0983. The van der Waals surface area contributed by atoms with Gasteiger partial charge in [0, 0.05) is 17.3 Å². The van der Waals surface area contributed by atoms with Crippen molar-refractivity contribution in [3.8, 4) is 0 Å². The molecule has 70 valence electrons. The molecule has 0 aliphatic rings. The number of rotatable bonds is 1. The van der Waals surface area contributed by atoms with Crippen LogP contribution in [0.4, 0.5) is 0 Å². The summed E-state index contributed by atoms with van der Waals surface area (Å²) in [6, 6.07) is 13.2. The molecule has 0 saturated carbocycles. The van der Waals surface area contributed by atoms with Gasteiger partial charge < -0.3 is 0 Å². The van der Waals surface area contributed by atoms with Crippen molar-refractivity contribution in [2.45, 2.75) is 0 Å². The number of carbonyl (C=O) groups excluding carboxylic acids is 1. The predicted molar refractivity (Wildman–Crippen MR) is 57.3 cm³/mol. The summed E-state index contributed by atoms with van der Waals surface area (Å²) in [5.74, 6) is -0.275. The number of carbonyl (C=O) groups is 1. The van der Waals surface area contributed by atoms with E-state index in [1.54, 1.807) is 6.07 Å². The second kappa shape index (κ2) is 3.68. The maximum Gasteiger partial charge on any atom is 0.266 e. The highest BCUT2D eigenvalue weighted by atomic mass is 35.5. The Morgan fingerprint density at radius 1 is 1.07 bits per heavy atom. The quantitative estimate of drug-likeness (QED) is 0.713. The van der Waals surface area contributed by atoms with Crippen molar-refractivity contribution in [3.63, 3.8) is 0 Å². The number of hydrogen-bond donors (Lipinski definition) is 1. The first kappa shape index (κ1) is 9.03. The molecule has 0 aliphatic carbocycles. The van der Waals surface area contributed by atoms with Gasteiger partial charge in [-0.3, -0.25) is 9.63 Å². The smallest absolute Gasteiger partial charge is 0.266 e. The van der Waals surface area contributed by atoms with Crippen LogP contribution in [-0.4, -0.2) is 5.91 Å². The summed E-state index contributed by atoms with van der Waals surface area (Å²) in [7, 11) is 0. The summed E-state index contributed by atoms with van der Waals surface area (Å²) in [5, 5.41) is 1.94. The molecule has 2 aromatic carbocycles. The lowest BCUT2D eigenvalue weighted by Gasteiger charge is -2.03. The maximum absolute atomic E-state index is 11.4. The third-order valence-corrected chi connectivity index (χ3v) is 2.29. The zero-order valence-corrected chi connectivity index (χ0v) is 8.08. The van der Waals surface area contributed by atoms with Gasteiger partial charge in [0.15, 0.2) is 0 Å². The Balaban J connectivity index is 2.71. The Morgan fingerprint density at radius 3 is 2.57 bits per heavy atom. The molecule has 1 N–H and O–H groups in total. The molecule has 0 fully saturated rings. The summed E-state index contributed by atoms with van der Waals surface area (Å²) in [5.41, 5.74) is 0.595. The van der Waals surface area contributed by atoms with Crippen LogP contribution in [0.15, 0.2) is 42.5 Å². The van der Waals surface area contributed by atoms with Crippen LogP contribution in [0.5, 0.6) is 0 Å². The average molecular weight is 206 g/mol. The largest absolute Gasteiger partial charge is 0.268 e. The molecule has 0 spiro atoms. The third-order valence-electron chi connectivity index (χ3n) is 2.12. The van der Waals surface area contributed by atoms with E-state index < -0.39 is 0 Å². The van der Waals surface area contributed by atoms with Gasteiger partial charge in [-0.1, -0.05) is 36.4 Å². The number of amides is 1. The maximum atomic E-state index is 11.4. The molecule has 0 atom stereocenters. The Morgan fingerprint density at radius 2 is 1.79 bits per heavy atom. The molecule has 0 bridgehead atoms. The van der Waals surface area contributed by atoms with Crippen molar-refractivity contribution in [1.29, 1.82) is 0 Å². The van der Waals surface area contributed by atoms with Crippen molar-refractivity contribution in [2.24, 2.45) is 0 Å². The molecule has 2 aromatic rings. The zero-order chi connectivity index (χ0) is 9.97. The Labute approximate surface area is 86.6 Å². The van der Waals surface area contributed by atoms with Gasteiger partial charge in [0.1, 0.15) is 0 Å².